The Morgan fingerprint density at radius 1 is 0.931 bits per heavy atom. The number of ether oxygens (including phenoxy) is 1. The zero-order valence-corrected chi connectivity index (χ0v) is 15.1. The predicted molar refractivity (Wildman–Crippen MR) is 94.1 cm³/mol. The minimum atomic E-state index is -4.51. The molecule has 0 aliphatic heterocycles. The van der Waals surface area contributed by atoms with E-state index < -0.39 is 35.6 Å². The summed E-state index contributed by atoms with van der Waals surface area (Å²) in [5.41, 5.74) is 4.50. The maximum absolute atomic E-state index is 12.7. The Morgan fingerprint density at radius 3 is 2.14 bits per heavy atom. The Morgan fingerprint density at radius 2 is 1.52 bits per heavy atom. The molecule has 0 saturated heterocycles. The van der Waals surface area contributed by atoms with Crippen LogP contribution in [0.25, 0.3) is 0 Å². The van der Waals surface area contributed by atoms with E-state index in [1.807, 2.05) is 0 Å². The lowest BCUT2D eigenvalue weighted by atomic mass is 10.1. The topological polar surface area (TPSA) is 67.5 Å². The fraction of sp³-hybridized carbons (Fsp3) is 0.368. The molecule has 0 fully saturated rings. The van der Waals surface area contributed by atoms with Crippen LogP contribution in [0, 0.1) is 0 Å². The molecule has 0 spiro atoms. The van der Waals surface area contributed by atoms with Crippen LogP contribution in [0.2, 0.25) is 0 Å². The molecule has 29 heavy (non-hydrogen) atoms. The van der Waals surface area contributed by atoms with E-state index in [1.54, 1.807) is 0 Å². The van der Waals surface area contributed by atoms with Crippen molar-refractivity contribution in [3.8, 4) is 5.75 Å². The van der Waals surface area contributed by atoms with Crippen molar-refractivity contribution in [2.24, 2.45) is 5.73 Å². The van der Waals surface area contributed by atoms with Crippen LogP contribution in [0.1, 0.15) is 16.7 Å². The van der Waals surface area contributed by atoms with Gasteiger partial charge < -0.3 is 20.9 Å². The molecule has 0 bridgehead atoms. The van der Waals surface area contributed by atoms with Crippen LogP contribution in [0.3, 0.4) is 0 Å². The second-order valence-electron chi connectivity index (χ2n) is 6.40. The molecule has 2 aromatic rings. The van der Waals surface area contributed by atoms with E-state index in [9.17, 15) is 31.4 Å². The maximum atomic E-state index is 12.7. The largest absolute Gasteiger partial charge is 0.492 e. The van der Waals surface area contributed by atoms with Gasteiger partial charge >= 0.3 is 12.4 Å². The summed E-state index contributed by atoms with van der Waals surface area (Å²) < 4.78 is 81.3. The van der Waals surface area contributed by atoms with Gasteiger partial charge in [-0.1, -0.05) is 24.3 Å². The van der Waals surface area contributed by atoms with Gasteiger partial charge in [0.25, 0.3) is 0 Å². The quantitative estimate of drug-likeness (QED) is 0.569. The third-order valence-corrected chi connectivity index (χ3v) is 4.03. The minimum Gasteiger partial charge on any atom is -0.492 e. The van der Waals surface area contributed by atoms with Gasteiger partial charge in [0.15, 0.2) is 0 Å². The summed E-state index contributed by atoms with van der Waals surface area (Å²) in [6.45, 7) is -0.209. The van der Waals surface area contributed by atoms with Crippen molar-refractivity contribution in [3.63, 3.8) is 0 Å². The molecule has 0 radical (unpaired) electrons. The lowest BCUT2D eigenvalue weighted by Gasteiger charge is -2.20. The number of hydrogen-bond donors (Lipinski definition) is 3. The zero-order chi connectivity index (χ0) is 21.7. The van der Waals surface area contributed by atoms with Gasteiger partial charge in [0.2, 0.25) is 0 Å². The molecule has 2 atom stereocenters. The first-order valence-electron chi connectivity index (χ1n) is 8.57. The van der Waals surface area contributed by atoms with Crippen LogP contribution in [-0.4, -0.2) is 30.4 Å². The molecule has 0 amide bonds. The number of hydrogen-bond acceptors (Lipinski definition) is 4. The SMILES string of the molecule is NC(COc1cccc(C(F)(F)F)c1)C(O)CNCc1cccc(C(F)(F)F)c1. The van der Waals surface area contributed by atoms with Gasteiger partial charge in [0.1, 0.15) is 12.4 Å². The van der Waals surface area contributed by atoms with Crippen molar-refractivity contribution >= 4 is 0 Å². The van der Waals surface area contributed by atoms with Crippen LogP contribution in [0.15, 0.2) is 48.5 Å². The molecule has 0 aromatic heterocycles. The van der Waals surface area contributed by atoms with Crippen LogP contribution in [0.4, 0.5) is 26.3 Å². The van der Waals surface area contributed by atoms with E-state index in [2.05, 4.69) is 5.32 Å². The summed E-state index contributed by atoms with van der Waals surface area (Å²) in [5, 5.41) is 12.8. The average Bonchev–Trinajstić information content (AvgIpc) is 2.65. The summed E-state index contributed by atoms with van der Waals surface area (Å²) >= 11 is 0. The Kier molecular flexibility index (Phi) is 7.50. The smallest absolute Gasteiger partial charge is 0.416 e. The van der Waals surface area contributed by atoms with Crippen molar-refractivity contribution < 1.29 is 36.2 Å². The maximum Gasteiger partial charge on any atom is 0.416 e. The van der Waals surface area contributed by atoms with E-state index in [1.165, 1.54) is 24.3 Å². The third-order valence-electron chi connectivity index (χ3n) is 4.03. The number of nitrogens with two attached hydrogens (primary N) is 1. The summed E-state index contributed by atoms with van der Waals surface area (Å²) in [7, 11) is 0. The highest BCUT2D eigenvalue weighted by Gasteiger charge is 2.31. The average molecular weight is 422 g/mol. The van der Waals surface area contributed by atoms with Gasteiger partial charge in [0.05, 0.1) is 23.3 Å². The van der Waals surface area contributed by atoms with E-state index in [4.69, 9.17) is 10.5 Å². The highest BCUT2D eigenvalue weighted by molar-refractivity contribution is 5.30. The molecule has 0 saturated carbocycles. The highest BCUT2D eigenvalue weighted by Crippen LogP contribution is 2.31. The minimum absolute atomic E-state index is 0.0383. The highest BCUT2D eigenvalue weighted by atomic mass is 19.4. The first kappa shape index (κ1) is 23.0. The van der Waals surface area contributed by atoms with Gasteiger partial charge in [-0.15, -0.1) is 0 Å². The molecule has 2 aromatic carbocycles. The van der Waals surface area contributed by atoms with Crippen molar-refractivity contribution in [2.45, 2.75) is 31.0 Å². The molecule has 2 unspecified atom stereocenters. The second kappa shape index (κ2) is 9.47. The van der Waals surface area contributed by atoms with E-state index >= 15 is 0 Å². The molecule has 0 aliphatic carbocycles. The molecule has 2 rings (SSSR count). The third kappa shape index (κ3) is 7.22. The molecule has 0 heterocycles. The lowest BCUT2D eigenvalue weighted by Crippen LogP contribution is -2.45. The van der Waals surface area contributed by atoms with Gasteiger partial charge in [-0.25, -0.2) is 0 Å². The number of aliphatic hydroxyl groups is 1. The van der Waals surface area contributed by atoms with Gasteiger partial charge in [-0.05, 0) is 29.8 Å². The van der Waals surface area contributed by atoms with Crippen molar-refractivity contribution in [1.82, 2.24) is 5.32 Å². The first-order chi connectivity index (χ1) is 13.5. The van der Waals surface area contributed by atoms with Crippen LogP contribution in [0.5, 0.6) is 5.75 Å². The Bertz CT molecular complexity index is 795. The summed E-state index contributed by atoms with van der Waals surface area (Å²) in [5.74, 6) is -0.0422. The molecule has 10 heteroatoms. The molecule has 4 nitrogen and oxygen atoms in total. The molecular weight excluding hydrogens is 402 g/mol. The zero-order valence-electron chi connectivity index (χ0n) is 15.1. The van der Waals surface area contributed by atoms with Crippen LogP contribution >= 0.6 is 0 Å². The van der Waals surface area contributed by atoms with Crippen LogP contribution in [-0.2, 0) is 18.9 Å². The van der Waals surface area contributed by atoms with Crippen molar-refractivity contribution in [1.29, 1.82) is 0 Å². The summed E-state index contributed by atoms with van der Waals surface area (Å²) in [4.78, 5) is 0. The number of alkyl halides is 6. The number of halogens is 6. The molecule has 4 N–H and O–H groups in total. The Hall–Kier alpha value is -2.30. The predicted octanol–water partition coefficient (Wildman–Crippen LogP) is 3.58. The van der Waals surface area contributed by atoms with Gasteiger partial charge in [-0.2, -0.15) is 26.3 Å². The monoisotopic (exact) mass is 422 g/mol. The number of benzene rings is 2. The lowest BCUT2D eigenvalue weighted by molar-refractivity contribution is -0.138. The van der Waals surface area contributed by atoms with Crippen molar-refractivity contribution in [2.75, 3.05) is 13.2 Å². The van der Waals surface area contributed by atoms with Crippen molar-refractivity contribution in [3.05, 3.63) is 65.2 Å². The van der Waals surface area contributed by atoms with E-state index in [0.29, 0.717) is 5.56 Å². The normalized spacial score (nSPS) is 14.5. The van der Waals surface area contributed by atoms with E-state index in [-0.39, 0.29) is 25.4 Å². The molecular formula is C19H20F6N2O2. The van der Waals surface area contributed by atoms with Gasteiger partial charge in [-0.3, -0.25) is 0 Å². The fourth-order valence-corrected chi connectivity index (χ4v) is 2.44. The number of aliphatic hydroxyl groups excluding tert-OH is 1. The summed E-state index contributed by atoms with van der Waals surface area (Å²) in [6.07, 6.45) is -10.1. The van der Waals surface area contributed by atoms with Crippen LogP contribution < -0.4 is 15.8 Å². The molecule has 160 valence electrons. The molecule has 0 aliphatic rings. The first-order valence-corrected chi connectivity index (χ1v) is 8.57. The summed E-state index contributed by atoms with van der Waals surface area (Å²) in [6, 6.07) is 8.07. The fourth-order valence-electron chi connectivity index (χ4n) is 2.44. The number of rotatable bonds is 8. The standard InChI is InChI=1S/C19H20F6N2O2/c20-18(21,22)13-4-1-3-12(7-13)9-27-10-17(28)16(26)11-29-15-6-2-5-14(8-15)19(23,24)25/h1-8,16-17,27-28H,9-11,26H2. The second-order valence-corrected chi connectivity index (χ2v) is 6.40. The Balaban J connectivity index is 1.80. The Labute approximate surface area is 163 Å². The number of nitrogens with one attached hydrogen (secondary N) is 1. The van der Waals surface area contributed by atoms with E-state index in [0.717, 1.165) is 24.3 Å². The van der Waals surface area contributed by atoms with Gasteiger partial charge in [0, 0.05) is 13.1 Å².